The van der Waals surface area contributed by atoms with Gasteiger partial charge in [0.2, 0.25) is 11.8 Å². The van der Waals surface area contributed by atoms with Crippen LogP contribution in [-0.2, 0) is 5.60 Å². The van der Waals surface area contributed by atoms with Crippen molar-refractivity contribution in [1.82, 2.24) is 20.1 Å². The van der Waals surface area contributed by atoms with Gasteiger partial charge in [-0.25, -0.2) is 19.3 Å². The van der Waals surface area contributed by atoms with E-state index in [-0.39, 0.29) is 11.7 Å². The summed E-state index contributed by atoms with van der Waals surface area (Å²) in [7, 11) is 0. The monoisotopic (exact) mass is 536 g/mol. The third-order valence-corrected chi connectivity index (χ3v) is 8.31. The molecule has 0 spiro atoms. The first-order valence-electron chi connectivity index (χ1n) is 13.8. The zero-order valence-electron chi connectivity index (χ0n) is 22.4. The molecular weight excluding hydrogens is 505 g/mol. The molecule has 1 aliphatic carbocycles. The Morgan fingerprint density at radius 3 is 2.17 bits per heavy atom. The molecule has 202 valence electrons. The van der Waals surface area contributed by atoms with Crippen LogP contribution < -0.4 is 19.5 Å². The Morgan fingerprint density at radius 2 is 1.50 bits per heavy atom. The highest BCUT2D eigenvalue weighted by molar-refractivity contribution is 5.49. The fourth-order valence-corrected chi connectivity index (χ4v) is 5.63. The van der Waals surface area contributed by atoms with E-state index in [4.69, 9.17) is 0 Å². The predicted octanol–water partition coefficient (Wildman–Crippen LogP) is 2.74. The maximum Gasteiger partial charge on any atom is 0.277 e. The van der Waals surface area contributed by atoms with Crippen LogP contribution in [-0.4, -0.2) is 51.3 Å². The third kappa shape index (κ3) is 4.60. The highest BCUT2D eigenvalue weighted by atomic mass is 19.1. The number of anilines is 2. The van der Waals surface area contributed by atoms with E-state index in [0.29, 0.717) is 17.1 Å². The van der Waals surface area contributed by atoms with Crippen LogP contribution in [0.1, 0.15) is 53.9 Å². The van der Waals surface area contributed by atoms with Gasteiger partial charge in [-0.3, -0.25) is 0 Å². The number of rotatable bonds is 6. The van der Waals surface area contributed by atoms with Crippen LogP contribution in [0.25, 0.3) is 6.08 Å². The average molecular weight is 537 g/mol. The molecule has 1 unspecified atom stereocenters. The van der Waals surface area contributed by atoms with Crippen LogP contribution in [0.2, 0.25) is 0 Å². The van der Waals surface area contributed by atoms with Crippen molar-refractivity contribution in [1.29, 1.82) is 0 Å². The predicted molar refractivity (Wildman–Crippen MR) is 149 cm³/mol. The quantitative estimate of drug-likeness (QED) is 0.380. The van der Waals surface area contributed by atoms with E-state index < -0.39 is 5.60 Å². The van der Waals surface area contributed by atoms with Gasteiger partial charge in [0, 0.05) is 55.3 Å². The minimum atomic E-state index is -1.32. The second kappa shape index (κ2) is 9.75. The topological polar surface area (TPSA) is 84.2 Å². The van der Waals surface area contributed by atoms with Gasteiger partial charge in [0.15, 0.2) is 12.5 Å². The Kier molecular flexibility index (Phi) is 6.04. The smallest absolute Gasteiger partial charge is 0.277 e. The number of halogens is 1. The number of fused-ring (bicyclic) bond motifs is 1. The molecule has 1 saturated heterocycles. The lowest BCUT2D eigenvalue weighted by Gasteiger charge is -2.34. The number of piperazine rings is 1. The van der Waals surface area contributed by atoms with Crippen LogP contribution in [0.3, 0.4) is 0 Å². The lowest BCUT2D eigenvalue weighted by atomic mass is 9.90. The van der Waals surface area contributed by atoms with E-state index in [1.54, 1.807) is 37.8 Å². The van der Waals surface area contributed by atoms with Gasteiger partial charge in [-0.1, -0.05) is 40.8 Å². The number of hydrogen-bond acceptors (Lipinski definition) is 7. The Bertz CT molecular complexity index is 1640. The van der Waals surface area contributed by atoms with Gasteiger partial charge in [0.1, 0.15) is 11.4 Å². The molecule has 2 atom stereocenters. The number of hydrogen-bond donors (Lipinski definition) is 1. The molecule has 8 nitrogen and oxygen atoms in total. The summed E-state index contributed by atoms with van der Waals surface area (Å²) in [6.07, 6.45) is 11.9. The van der Waals surface area contributed by atoms with E-state index >= 15 is 0 Å². The van der Waals surface area contributed by atoms with Gasteiger partial charge in [-0.15, -0.1) is 0 Å². The molecular formula is C31H31FN7O+. The van der Waals surface area contributed by atoms with Crippen LogP contribution in [0.15, 0.2) is 67.3 Å². The van der Waals surface area contributed by atoms with Gasteiger partial charge in [0.05, 0.1) is 5.92 Å². The molecule has 2 fully saturated rings. The van der Waals surface area contributed by atoms with E-state index in [0.717, 1.165) is 43.3 Å². The molecule has 0 radical (unpaired) electrons. The summed E-state index contributed by atoms with van der Waals surface area (Å²) >= 11 is 0. The van der Waals surface area contributed by atoms with Gasteiger partial charge >= 0.3 is 0 Å². The maximum absolute atomic E-state index is 13.3. The summed E-state index contributed by atoms with van der Waals surface area (Å²) in [5, 5.41) is 16.6. The summed E-state index contributed by atoms with van der Waals surface area (Å²) in [6.45, 7) is 4.70. The summed E-state index contributed by atoms with van der Waals surface area (Å²) in [5.74, 6) is 2.15. The lowest BCUT2D eigenvalue weighted by molar-refractivity contribution is -0.589. The Balaban J connectivity index is 1.04. The van der Waals surface area contributed by atoms with Crippen LogP contribution in [0, 0.1) is 12.0 Å². The van der Waals surface area contributed by atoms with Crippen molar-refractivity contribution in [2.24, 2.45) is 0 Å². The van der Waals surface area contributed by atoms with Crippen molar-refractivity contribution >= 4 is 17.8 Å². The first-order valence-corrected chi connectivity index (χ1v) is 13.8. The second-order valence-electron chi connectivity index (χ2n) is 11.0. The average Bonchev–Trinajstić information content (AvgIpc) is 3.75. The zero-order valence-corrected chi connectivity index (χ0v) is 22.4. The molecule has 4 heterocycles. The largest absolute Gasteiger partial charge is 0.381 e. The summed E-state index contributed by atoms with van der Waals surface area (Å²) in [4.78, 5) is 18.2. The fraction of sp³-hybridized carbons (Fsp3) is 0.323. The van der Waals surface area contributed by atoms with Crippen molar-refractivity contribution < 1.29 is 13.9 Å². The van der Waals surface area contributed by atoms with Crippen molar-refractivity contribution in [3.05, 3.63) is 107 Å². The van der Waals surface area contributed by atoms with Gasteiger partial charge in [0.25, 0.3) is 5.35 Å². The fourth-order valence-electron chi connectivity index (χ4n) is 5.63. The molecule has 4 aromatic rings. The second-order valence-corrected chi connectivity index (χ2v) is 11.0. The molecule has 1 saturated carbocycles. The Hall–Kier alpha value is -4.24. The molecule has 0 bridgehead atoms. The Labute approximate surface area is 231 Å². The van der Waals surface area contributed by atoms with Crippen molar-refractivity contribution in [2.45, 2.75) is 37.2 Å². The number of benzene rings is 2. The Morgan fingerprint density at radius 1 is 0.850 bits per heavy atom. The van der Waals surface area contributed by atoms with Crippen LogP contribution in [0.5, 0.6) is 0 Å². The van der Waals surface area contributed by atoms with Crippen molar-refractivity contribution in [3.8, 4) is 0 Å². The van der Waals surface area contributed by atoms with E-state index in [9.17, 15) is 9.50 Å². The maximum atomic E-state index is 13.3. The number of aromatic nitrogens is 5. The van der Waals surface area contributed by atoms with Gasteiger partial charge in [-0.05, 0) is 54.5 Å². The zero-order chi connectivity index (χ0) is 27.3. The molecule has 3 aliphatic rings. The molecule has 40 heavy (non-hydrogen) atoms. The van der Waals surface area contributed by atoms with Crippen molar-refractivity contribution in [2.75, 3.05) is 36.0 Å². The summed E-state index contributed by atoms with van der Waals surface area (Å²) < 4.78 is 15.3. The van der Waals surface area contributed by atoms with E-state index in [1.165, 1.54) is 36.1 Å². The normalized spacial score (nSPS) is 19.9. The van der Waals surface area contributed by atoms with Crippen molar-refractivity contribution in [3.63, 3.8) is 0 Å². The molecule has 9 heteroatoms. The third-order valence-electron chi connectivity index (χ3n) is 8.31. The molecule has 2 aromatic heterocycles. The lowest BCUT2D eigenvalue weighted by Crippen LogP contribution is -2.51. The van der Waals surface area contributed by atoms with Crippen LogP contribution >= 0.6 is 0 Å². The SMILES string of the molecule is C[C@](O)(c1ccc(F)cc1)c1cnc(N2CCN(c3ncn[n+]4c3=CC(c3ccc(C5CC5)cc3)C=4)CC2)nc1. The number of nitrogens with zero attached hydrogens (tertiary/aromatic N) is 7. The first kappa shape index (κ1) is 24.8. The first-order chi connectivity index (χ1) is 19.5. The highest BCUT2D eigenvalue weighted by Gasteiger charge is 2.30. The number of aliphatic hydroxyl groups is 1. The van der Waals surface area contributed by atoms with E-state index in [2.05, 4.69) is 66.4 Å². The minimum absolute atomic E-state index is 0.170. The highest BCUT2D eigenvalue weighted by Crippen LogP contribution is 2.40. The summed E-state index contributed by atoms with van der Waals surface area (Å²) in [5.41, 5.74) is 2.53. The molecule has 2 aliphatic heterocycles. The summed E-state index contributed by atoms with van der Waals surface area (Å²) in [6, 6.07) is 14.9. The molecule has 0 amide bonds. The van der Waals surface area contributed by atoms with Gasteiger partial charge < -0.3 is 14.9 Å². The van der Waals surface area contributed by atoms with Gasteiger partial charge in [-0.2, -0.15) is 0 Å². The minimum Gasteiger partial charge on any atom is -0.381 e. The molecule has 2 aromatic carbocycles. The molecule has 1 N–H and O–H groups in total. The molecule has 7 rings (SSSR count). The standard InChI is InChI=1S/C31H31FN7O/c1-31(40,25-8-10-27(32)11-9-25)26-17-33-30(34-18-26)38-14-12-37(13-15-38)29-28-16-24(19-39(28)36-20-35-29)23-6-4-22(5-7-23)21-2-3-21/h4-11,16-21,24,40H,2-3,12-15H2,1H3/q+1/t24?,31-/m0/s1. The van der Waals surface area contributed by atoms with Crippen LogP contribution in [0.4, 0.5) is 16.2 Å². The van der Waals surface area contributed by atoms with E-state index in [1.807, 2.05) is 4.36 Å².